The summed E-state index contributed by atoms with van der Waals surface area (Å²) in [6.07, 6.45) is 0. The Labute approximate surface area is 178 Å². The Hall–Kier alpha value is -4.20. The van der Waals surface area contributed by atoms with Gasteiger partial charge in [-0.3, -0.25) is 14.9 Å². The lowest BCUT2D eigenvalue weighted by atomic mass is 10.2. The van der Waals surface area contributed by atoms with Crippen molar-refractivity contribution in [3.05, 3.63) is 100 Å². The van der Waals surface area contributed by atoms with Crippen LogP contribution in [0.1, 0.15) is 11.4 Å². The van der Waals surface area contributed by atoms with Crippen molar-refractivity contribution >= 4 is 22.6 Å². The first kappa shape index (κ1) is 20.1. The second-order valence-electron chi connectivity index (χ2n) is 6.90. The second-order valence-corrected chi connectivity index (χ2v) is 6.90. The van der Waals surface area contributed by atoms with Crippen molar-refractivity contribution in [3.8, 4) is 5.75 Å². The normalized spacial score (nSPS) is 10.7. The van der Waals surface area contributed by atoms with E-state index < -0.39 is 4.92 Å². The van der Waals surface area contributed by atoms with Crippen molar-refractivity contribution in [3.63, 3.8) is 0 Å². The van der Waals surface area contributed by atoms with Gasteiger partial charge in [0.1, 0.15) is 24.7 Å². The molecule has 0 aliphatic heterocycles. The molecule has 1 aromatic heterocycles. The number of nitro groups is 1. The molecule has 0 aliphatic carbocycles. The highest BCUT2D eigenvalue weighted by Crippen LogP contribution is 2.18. The number of nitro benzene ring substituents is 1. The number of non-ortho nitro benzene ring substituents is 1. The van der Waals surface area contributed by atoms with Gasteiger partial charge in [-0.15, -0.1) is 0 Å². The lowest BCUT2D eigenvalue weighted by molar-refractivity contribution is -0.384. The van der Waals surface area contributed by atoms with E-state index in [0.717, 1.165) is 22.3 Å². The van der Waals surface area contributed by atoms with Crippen LogP contribution < -0.4 is 10.1 Å². The third kappa shape index (κ3) is 4.87. The Morgan fingerprint density at radius 1 is 1.00 bits per heavy atom. The fourth-order valence-corrected chi connectivity index (χ4v) is 3.21. The molecule has 1 N–H and O–H groups in total. The summed E-state index contributed by atoms with van der Waals surface area (Å²) < 4.78 is 7.67. The quantitative estimate of drug-likeness (QED) is 0.348. The van der Waals surface area contributed by atoms with Gasteiger partial charge >= 0.3 is 0 Å². The van der Waals surface area contributed by atoms with Gasteiger partial charge in [0.25, 0.3) is 5.69 Å². The van der Waals surface area contributed by atoms with Gasteiger partial charge in [-0.05, 0) is 29.8 Å². The first-order chi connectivity index (χ1) is 15.1. The van der Waals surface area contributed by atoms with E-state index in [4.69, 9.17) is 4.74 Å². The standard InChI is InChI=1S/C23H20N4O4/c28-23(24-14-17-10-12-18(13-11-17)27(29)30)15-26-21-9-5-4-8-20(21)25-22(26)16-31-19-6-2-1-3-7-19/h1-13H,14-16H2,(H,24,28). The average molecular weight is 416 g/mol. The van der Waals surface area contributed by atoms with Gasteiger partial charge in [0, 0.05) is 18.7 Å². The number of nitrogens with zero attached hydrogens (tertiary/aromatic N) is 3. The van der Waals surface area contributed by atoms with Crippen molar-refractivity contribution in [2.75, 3.05) is 0 Å². The van der Waals surface area contributed by atoms with Crippen LogP contribution >= 0.6 is 0 Å². The van der Waals surface area contributed by atoms with Crippen LogP contribution in [0.25, 0.3) is 11.0 Å². The van der Waals surface area contributed by atoms with Crippen molar-refractivity contribution in [2.45, 2.75) is 19.7 Å². The van der Waals surface area contributed by atoms with Crippen molar-refractivity contribution in [1.29, 1.82) is 0 Å². The minimum absolute atomic E-state index is 0.0167. The first-order valence-electron chi connectivity index (χ1n) is 9.72. The van der Waals surface area contributed by atoms with Crippen molar-refractivity contribution in [2.24, 2.45) is 0 Å². The summed E-state index contributed by atoms with van der Waals surface area (Å²) in [6, 6.07) is 23.1. The minimum atomic E-state index is -0.453. The maximum atomic E-state index is 12.6. The molecule has 0 saturated heterocycles. The fourth-order valence-electron chi connectivity index (χ4n) is 3.21. The van der Waals surface area contributed by atoms with Gasteiger partial charge in [0.15, 0.2) is 0 Å². The van der Waals surface area contributed by atoms with Crippen molar-refractivity contribution in [1.82, 2.24) is 14.9 Å². The Morgan fingerprint density at radius 3 is 2.45 bits per heavy atom. The second kappa shape index (κ2) is 9.08. The molecule has 0 aliphatic rings. The van der Waals surface area contributed by atoms with Gasteiger partial charge in [0.2, 0.25) is 5.91 Å². The third-order valence-electron chi connectivity index (χ3n) is 4.78. The maximum Gasteiger partial charge on any atom is 0.269 e. The topological polar surface area (TPSA) is 99.3 Å². The summed E-state index contributed by atoms with van der Waals surface area (Å²) in [5, 5.41) is 13.6. The molecule has 8 heteroatoms. The molecule has 1 heterocycles. The molecule has 31 heavy (non-hydrogen) atoms. The number of hydrogen-bond acceptors (Lipinski definition) is 5. The van der Waals surface area contributed by atoms with E-state index in [-0.39, 0.29) is 31.3 Å². The highest BCUT2D eigenvalue weighted by atomic mass is 16.6. The molecule has 0 bridgehead atoms. The molecule has 0 radical (unpaired) electrons. The Bertz CT molecular complexity index is 1200. The molecule has 156 valence electrons. The van der Waals surface area contributed by atoms with Crippen LogP contribution in [0, 0.1) is 10.1 Å². The van der Waals surface area contributed by atoms with E-state index in [1.165, 1.54) is 12.1 Å². The molecule has 8 nitrogen and oxygen atoms in total. The predicted molar refractivity (Wildman–Crippen MR) is 115 cm³/mol. The van der Waals surface area contributed by atoms with E-state index in [9.17, 15) is 14.9 Å². The molecule has 0 atom stereocenters. The average Bonchev–Trinajstić information content (AvgIpc) is 3.14. The SMILES string of the molecule is O=C(Cn1c(COc2ccccc2)nc2ccccc21)NCc1ccc([N+](=O)[O-])cc1. The summed E-state index contributed by atoms with van der Waals surface area (Å²) in [4.78, 5) is 27.5. The molecule has 4 rings (SSSR count). The number of ether oxygens (including phenoxy) is 1. The maximum absolute atomic E-state index is 12.6. The molecule has 1 amide bonds. The number of aromatic nitrogens is 2. The third-order valence-corrected chi connectivity index (χ3v) is 4.78. The predicted octanol–water partition coefficient (Wildman–Crippen LogP) is 3.84. The van der Waals surface area contributed by atoms with Gasteiger partial charge in [-0.1, -0.05) is 42.5 Å². The molecule has 0 saturated carbocycles. The van der Waals surface area contributed by atoms with Crippen LogP contribution in [0.2, 0.25) is 0 Å². The number of para-hydroxylation sites is 3. The van der Waals surface area contributed by atoms with Crippen LogP contribution in [0.4, 0.5) is 5.69 Å². The van der Waals surface area contributed by atoms with E-state index >= 15 is 0 Å². The summed E-state index contributed by atoms with van der Waals surface area (Å²) >= 11 is 0. The number of fused-ring (bicyclic) bond motifs is 1. The summed E-state index contributed by atoms with van der Waals surface area (Å²) in [7, 11) is 0. The largest absolute Gasteiger partial charge is 0.486 e. The Morgan fingerprint density at radius 2 is 1.71 bits per heavy atom. The monoisotopic (exact) mass is 416 g/mol. The number of carbonyl (C=O) groups excluding carboxylic acids is 1. The van der Waals surface area contributed by atoms with Gasteiger partial charge in [-0.2, -0.15) is 0 Å². The minimum Gasteiger partial charge on any atom is -0.486 e. The van der Waals surface area contributed by atoms with Crippen LogP contribution in [0.3, 0.4) is 0 Å². The van der Waals surface area contributed by atoms with Gasteiger partial charge in [-0.25, -0.2) is 4.98 Å². The number of benzene rings is 3. The van der Waals surface area contributed by atoms with E-state index in [1.807, 2.05) is 59.2 Å². The van der Waals surface area contributed by atoms with Crippen LogP contribution in [0.5, 0.6) is 5.75 Å². The fraction of sp³-hybridized carbons (Fsp3) is 0.130. The van der Waals surface area contributed by atoms with E-state index in [0.29, 0.717) is 5.82 Å². The molecule has 0 spiro atoms. The van der Waals surface area contributed by atoms with Crippen LogP contribution in [-0.4, -0.2) is 20.4 Å². The summed E-state index contributed by atoms with van der Waals surface area (Å²) in [5.41, 5.74) is 2.43. The number of rotatable bonds is 8. The van der Waals surface area contributed by atoms with Gasteiger partial charge in [0.05, 0.1) is 16.0 Å². The molecule has 3 aromatic carbocycles. The molecular formula is C23H20N4O4. The van der Waals surface area contributed by atoms with Crippen LogP contribution in [-0.2, 0) is 24.5 Å². The number of nitrogens with one attached hydrogen (secondary N) is 1. The summed E-state index contributed by atoms with van der Waals surface area (Å²) in [5.74, 6) is 1.18. The zero-order valence-electron chi connectivity index (χ0n) is 16.6. The summed E-state index contributed by atoms with van der Waals surface area (Å²) in [6.45, 7) is 0.592. The zero-order chi connectivity index (χ0) is 21.6. The molecular weight excluding hydrogens is 396 g/mol. The molecule has 4 aromatic rings. The molecule has 0 fully saturated rings. The number of carbonyl (C=O) groups is 1. The highest BCUT2D eigenvalue weighted by Gasteiger charge is 2.14. The lowest BCUT2D eigenvalue weighted by Gasteiger charge is -2.11. The van der Waals surface area contributed by atoms with Gasteiger partial charge < -0.3 is 14.6 Å². The number of hydrogen-bond donors (Lipinski definition) is 1. The smallest absolute Gasteiger partial charge is 0.269 e. The highest BCUT2D eigenvalue weighted by molar-refractivity contribution is 5.81. The van der Waals surface area contributed by atoms with E-state index in [1.54, 1.807) is 12.1 Å². The van der Waals surface area contributed by atoms with Crippen LogP contribution in [0.15, 0.2) is 78.9 Å². The Kier molecular flexibility index (Phi) is 5.89. The molecule has 0 unspecified atom stereocenters. The first-order valence-corrected chi connectivity index (χ1v) is 9.72. The zero-order valence-corrected chi connectivity index (χ0v) is 16.6. The number of amides is 1. The number of imidazole rings is 1. The Balaban J connectivity index is 1.46. The van der Waals surface area contributed by atoms with Crippen molar-refractivity contribution < 1.29 is 14.5 Å². The lowest BCUT2D eigenvalue weighted by Crippen LogP contribution is -2.28. The van der Waals surface area contributed by atoms with E-state index in [2.05, 4.69) is 10.3 Å².